The Balaban J connectivity index is 1.68. The van der Waals surface area contributed by atoms with Gasteiger partial charge in [-0.3, -0.25) is 9.69 Å². The van der Waals surface area contributed by atoms with Crippen LogP contribution < -0.4 is 9.64 Å². The van der Waals surface area contributed by atoms with Crippen LogP contribution in [0.2, 0.25) is 0 Å². The van der Waals surface area contributed by atoms with Gasteiger partial charge in [-0.2, -0.15) is 0 Å². The molecule has 0 spiro atoms. The van der Waals surface area contributed by atoms with Crippen molar-refractivity contribution in [3.63, 3.8) is 0 Å². The van der Waals surface area contributed by atoms with Crippen molar-refractivity contribution in [3.05, 3.63) is 90.0 Å². The summed E-state index contributed by atoms with van der Waals surface area (Å²) >= 11 is 0. The second-order valence-electron chi connectivity index (χ2n) is 6.75. The van der Waals surface area contributed by atoms with Crippen molar-refractivity contribution in [1.82, 2.24) is 0 Å². The molecule has 1 unspecified atom stereocenters. The molecule has 0 radical (unpaired) electrons. The molecule has 1 amide bonds. The van der Waals surface area contributed by atoms with Crippen molar-refractivity contribution in [2.75, 3.05) is 18.1 Å². The lowest BCUT2D eigenvalue weighted by atomic mass is 10.0. The van der Waals surface area contributed by atoms with E-state index in [2.05, 4.69) is 6.92 Å². The van der Waals surface area contributed by atoms with E-state index in [-0.39, 0.29) is 12.0 Å². The standard InChI is InChI=1S/C24H23NO3/c1-2-18-15-21(27-16-22-17-28-22)13-14-23(18)24(26)25(19-9-5-3-6-10-19)20-11-7-4-8-12-20/h3-15,22H,2,16-17H2,1H3. The number of nitrogens with zero attached hydrogens (tertiary/aromatic N) is 1. The first-order valence-electron chi connectivity index (χ1n) is 9.58. The van der Waals surface area contributed by atoms with Crippen LogP contribution in [0.25, 0.3) is 0 Å². The van der Waals surface area contributed by atoms with E-state index in [1.165, 1.54) is 0 Å². The first kappa shape index (κ1) is 18.3. The van der Waals surface area contributed by atoms with E-state index >= 15 is 0 Å². The van der Waals surface area contributed by atoms with E-state index in [0.29, 0.717) is 12.2 Å². The molecule has 4 rings (SSSR count). The molecule has 142 valence electrons. The largest absolute Gasteiger partial charge is 0.491 e. The molecular formula is C24H23NO3. The number of aryl methyl sites for hydroxylation is 1. The topological polar surface area (TPSA) is 42.1 Å². The minimum Gasteiger partial charge on any atom is -0.491 e. The lowest BCUT2D eigenvalue weighted by Gasteiger charge is -2.24. The Kier molecular flexibility index (Phi) is 5.40. The van der Waals surface area contributed by atoms with E-state index in [1.54, 1.807) is 4.90 Å². The van der Waals surface area contributed by atoms with Crippen LogP contribution in [-0.2, 0) is 11.2 Å². The van der Waals surface area contributed by atoms with Gasteiger partial charge in [0.2, 0.25) is 0 Å². The van der Waals surface area contributed by atoms with Crippen LogP contribution in [-0.4, -0.2) is 25.2 Å². The molecule has 0 aliphatic carbocycles. The number of carbonyl (C=O) groups is 1. The summed E-state index contributed by atoms with van der Waals surface area (Å²) in [6.07, 6.45) is 0.952. The molecule has 0 N–H and O–H groups in total. The van der Waals surface area contributed by atoms with Gasteiger partial charge < -0.3 is 9.47 Å². The fourth-order valence-corrected chi connectivity index (χ4v) is 3.17. The van der Waals surface area contributed by atoms with E-state index < -0.39 is 0 Å². The molecule has 1 atom stereocenters. The van der Waals surface area contributed by atoms with Crippen LogP contribution in [0.4, 0.5) is 11.4 Å². The van der Waals surface area contributed by atoms with Crippen LogP contribution in [0.3, 0.4) is 0 Å². The molecule has 0 saturated carbocycles. The molecular weight excluding hydrogens is 350 g/mol. The molecule has 4 nitrogen and oxygen atoms in total. The third-order valence-corrected chi connectivity index (χ3v) is 4.76. The Labute approximate surface area is 165 Å². The van der Waals surface area contributed by atoms with Crippen molar-refractivity contribution in [1.29, 1.82) is 0 Å². The molecule has 1 aliphatic heterocycles. The first-order valence-corrected chi connectivity index (χ1v) is 9.58. The highest BCUT2D eigenvalue weighted by Crippen LogP contribution is 2.29. The van der Waals surface area contributed by atoms with Crippen LogP contribution in [0.1, 0.15) is 22.8 Å². The molecule has 4 heteroatoms. The van der Waals surface area contributed by atoms with Crippen molar-refractivity contribution >= 4 is 17.3 Å². The van der Waals surface area contributed by atoms with E-state index in [1.807, 2.05) is 78.9 Å². The lowest BCUT2D eigenvalue weighted by molar-refractivity contribution is 0.0998. The summed E-state index contributed by atoms with van der Waals surface area (Å²) in [5, 5.41) is 0. The van der Waals surface area contributed by atoms with E-state index in [0.717, 1.165) is 35.7 Å². The van der Waals surface area contributed by atoms with Crippen molar-refractivity contribution in [3.8, 4) is 5.75 Å². The van der Waals surface area contributed by atoms with Crippen LogP contribution in [0.15, 0.2) is 78.9 Å². The molecule has 0 aromatic heterocycles. The SMILES string of the molecule is CCc1cc(OCC2CO2)ccc1C(=O)N(c1ccccc1)c1ccccc1. The van der Waals surface area contributed by atoms with Crippen LogP contribution >= 0.6 is 0 Å². The highest BCUT2D eigenvalue weighted by Gasteiger charge is 2.24. The number of amides is 1. The summed E-state index contributed by atoms with van der Waals surface area (Å²) in [6, 6.07) is 25.1. The Morgan fingerprint density at radius 1 is 1.00 bits per heavy atom. The van der Waals surface area contributed by atoms with Gasteiger partial charge in [0.25, 0.3) is 5.91 Å². The number of rotatable bonds is 7. The number of para-hydroxylation sites is 2. The third kappa shape index (κ3) is 4.07. The highest BCUT2D eigenvalue weighted by atomic mass is 16.6. The van der Waals surface area contributed by atoms with Crippen molar-refractivity contribution < 1.29 is 14.3 Å². The third-order valence-electron chi connectivity index (χ3n) is 4.76. The quantitative estimate of drug-likeness (QED) is 0.547. The smallest absolute Gasteiger partial charge is 0.263 e. The Bertz CT molecular complexity index is 897. The van der Waals surface area contributed by atoms with Crippen LogP contribution in [0.5, 0.6) is 5.75 Å². The Hall–Kier alpha value is -3.11. The molecule has 1 heterocycles. The molecule has 28 heavy (non-hydrogen) atoms. The summed E-state index contributed by atoms with van der Waals surface area (Å²) in [5.41, 5.74) is 3.33. The fraction of sp³-hybridized carbons (Fsp3) is 0.208. The molecule has 1 fully saturated rings. The maximum atomic E-state index is 13.6. The van der Waals surface area contributed by atoms with Crippen LogP contribution in [0, 0.1) is 0 Å². The molecule has 1 saturated heterocycles. The lowest BCUT2D eigenvalue weighted by Crippen LogP contribution is -2.27. The van der Waals surface area contributed by atoms with E-state index in [9.17, 15) is 4.79 Å². The van der Waals surface area contributed by atoms with Crippen molar-refractivity contribution in [2.24, 2.45) is 0 Å². The number of ether oxygens (including phenoxy) is 2. The first-order chi connectivity index (χ1) is 13.8. The summed E-state index contributed by atoms with van der Waals surface area (Å²) in [5.74, 6) is 0.723. The predicted molar refractivity (Wildman–Crippen MR) is 110 cm³/mol. The van der Waals surface area contributed by atoms with Gasteiger partial charge in [0.1, 0.15) is 18.5 Å². The Morgan fingerprint density at radius 3 is 2.14 bits per heavy atom. The molecule has 3 aromatic rings. The predicted octanol–water partition coefficient (Wildman–Crippen LogP) is 5.01. The number of benzene rings is 3. The normalized spacial score (nSPS) is 15.1. The molecule has 3 aromatic carbocycles. The van der Waals surface area contributed by atoms with Gasteiger partial charge >= 0.3 is 0 Å². The zero-order valence-corrected chi connectivity index (χ0v) is 15.9. The summed E-state index contributed by atoms with van der Waals surface area (Å²) in [4.78, 5) is 15.3. The second kappa shape index (κ2) is 8.28. The van der Waals surface area contributed by atoms with Gasteiger partial charge in [-0.1, -0.05) is 43.3 Å². The van der Waals surface area contributed by atoms with Gasteiger partial charge in [-0.15, -0.1) is 0 Å². The van der Waals surface area contributed by atoms with Gasteiger partial charge in [0.15, 0.2) is 0 Å². The maximum Gasteiger partial charge on any atom is 0.263 e. The minimum absolute atomic E-state index is 0.0497. The van der Waals surface area contributed by atoms with Gasteiger partial charge in [-0.05, 0) is 54.4 Å². The van der Waals surface area contributed by atoms with Gasteiger partial charge in [-0.25, -0.2) is 0 Å². The Morgan fingerprint density at radius 2 is 1.61 bits per heavy atom. The average molecular weight is 373 g/mol. The number of anilines is 2. The van der Waals surface area contributed by atoms with Gasteiger partial charge in [0.05, 0.1) is 6.61 Å². The average Bonchev–Trinajstić information content (AvgIpc) is 3.58. The number of epoxide rings is 1. The number of carbonyl (C=O) groups excluding carboxylic acids is 1. The minimum atomic E-state index is -0.0497. The monoisotopic (exact) mass is 373 g/mol. The number of hydrogen-bond donors (Lipinski definition) is 0. The summed E-state index contributed by atoms with van der Waals surface area (Å²) < 4.78 is 11.0. The van der Waals surface area contributed by atoms with Crippen molar-refractivity contribution in [2.45, 2.75) is 19.4 Å². The second-order valence-corrected chi connectivity index (χ2v) is 6.75. The zero-order valence-electron chi connectivity index (χ0n) is 15.9. The summed E-state index contributed by atoms with van der Waals surface area (Å²) in [7, 11) is 0. The molecule has 1 aliphatic rings. The summed E-state index contributed by atoms with van der Waals surface area (Å²) in [6.45, 7) is 3.37. The van der Waals surface area contributed by atoms with E-state index in [4.69, 9.17) is 9.47 Å². The maximum absolute atomic E-state index is 13.6. The molecule has 0 bridgehead atoms. The zero-order chi connectivity index (χ0) is 19.3. The van der Waals surface area contributed by atoms with Gasteiger partial charge in [0, 0.05) is 16.9 Å². The fourth-order valence-electron chi connectivity index (χ4n) is 3.17. The highest BCUT2D eigenvalue weighted by molar-refractivity contribution is 6.11. The number of hydrogen-bond acceptors (Lipinski definition) is 3.